The van der Waals surface area contributed by atoms with E-state index in [9.17, 15) is 23.1 Å². The molecule has 2 heterocycles. The highest BCUT2D eigenvalue weighted by atomic mass is 19.3. The van der Waals surface area contributed by atoms with Crippen LogP contribution in [0.5, 0.6) is 0 Å². The number of benzene rings is 1. The second-order valence-electron chi connectivity index (χ2n) is 9.33. The van der Waals surface area contributed by atoms with Crippen LogP contribution in [0.3, 0.4) is 0 Å². The van der Waals surface area contributed by atoms with Crippen LogP contribution in [0.25, 0.3) is 10.9 Å². The van der Waals surface area contributed by atoms with Gasteiger partial charge >= 0.3 is 0 Å². The van der Waals surface area contributed by atoms with Crippen LogP contribution in [0, 0.1) is 0 Å². The Balaban J connectivity index is 1.59. The molecule has 1 amide bonds. The lowest BCUT2D eigenvalue weighted by Crippen LogP contribution is -2.42. The number of halogens is 3. The minimum absolute atomic E-state index is 0.00362. The summed E-state index contributed by atoms with van der Waals surface area (Å²) in [6, 6.07) is 9.61. The molecule has 2 unspecified atom stereocenters. The van der Waals surface area contributed by atoms with Crippen LogP contribution in [0.15, 0.2) is 48.8 Å². The minimum Gasteiger partial charge on any atom is -0.387 e. The summed E-state index contributed by atoms with van der Waals surface area (Å²) in [6.45, 7) is 2.15. The Bertz CT molecular complexity index is 1220. The first kappa shape index (κ1) is 24.7. The van der Waals surface area contributed by atoms with Gasteiger partial charge in [-0.05, 0) is 51.0 Å². The van der Waals surface area contributed by atoms with Crippen molar-refractivity contribution in [1.29, 1.82) is 0 Å². The largest absolute Gasteiger partial charge is 0.387 e. The van der Waals surface area contributed by atoms with E-state index in [-0.39, 0.29) is 24.1 Å². The van der Waals surface area contributed by atoms with Crippen LogP contribution in [-0.4, -0.2) is 51.3 Å². The highest BCUT2D eigenvalue weighted by Gasteiger charge is 2.44. The number of aliphatic hydroxyl groups is 1. The summed E-state index contributed by atoms with van der Waals surface area (Å²) < 4.78 is 42.8. The molecule has 2 aromatic heterocycles. The van der Waals surface area contributed by atoms with E-state index in [1.807, 2.05) is 30.3 Å². The molecule has 0 bridgehead atoms. The van der Waals surface area contributed by atoms with Crippen molar-refractivity contribution in [3.8, 4) is 0 Å². The molecule has 186 valence electrons. The maximum Gasteiger partial charge on any atom is 0.267 e. The third kappa shape index (κ3) is 5.82. The zero-order valence-electron chi connectivity index (χ0n) is 19.5. The third-order valence-corrected chi connectivity index (χ3v) is 6.07. The Morgan fingerprint density at radius 1 is 1.26 bits per heavy atom. The number of nitrogens with one attached hydrogen (secondary N) is 3. The molecule has 1 aromatic carbocycles. The zero-order valence-corrected chi connectivity index (χ0v) is 19.5. The number of alkyl halides is 3. The normalized spacial score (nSPS) is 18.3. The summed E-state index contributed by atoms with van der Waals surface area (Å²) in [5.41, 5.74) is 0.0530. The van der Waals surface area contributed by atoms with Crippen molar-refractivity contribution in [3.63, 3.8) is 0 Å². The topological polar surface area (TPSA) is 99.2 Å². The molecule has 7 nitrogen and oxygen atoms in total. The van der Waals surface area contributed by atoms with Crippen molar-refractivity contribution in [2.45, 2.75) is 56.8 Å². The van der Waals surface area contributed by atoms with E-state index in [1.54, 1.807) is 6.20 Å². The van der Waals surface area contributed by atoms with Gasteiger partial charge in [0.15, 0.2) is 0 Å². The van der Waals surface area contributed by atoms with Gasteiger partial charge in [-0.1, -0.05) is 6.07 Å². The van der Waals surface area contributed by atoms with Gasteiger partial charge in [0.05, 0.1) is 35.0 Å². The number of amides is 1. The van der Waals surface area contributed by atoms with Crippen LogP contribution in [0.1, 0.15) is 43.5 Å². The maximum absolute atomic E-state index is 14.3. The molecular weight excluding hydrogens is 459 g/mol. The van der Waals surface area contributed by atoms with E-state index in [0.717, 1.165) is 10.9 Å². The Morgan fingerprint density at radius 2 is 2.06 bits per heavy atom. The second-order valence-corrected chi connectivity index (χ2v) is 9.33. The summed E-state index contributed by atoms with van der Waals surface area (Å²) in [5, 5.41) is 19.0. The summed E-state index contributed by atoms with van der Waals surface area (Å²) in [5.74, 6) is -3.26. The standard InChI is InChI=1S/C25H28F3N5O2/c1-24(2,35)20(26)14-31-23(34)17-13-30-22(12-19(17)33-21-6-3-9-25(21,27)28)32-16-7-8-18-15(11-16)5-4-10-29-18/h4-5,7-8,10-13,20-21,35H,3,6,9,14H2,1-2H3,(H,31,34)(H2,30,32,33). The Hall–Kier alpha value is -3.40. The first-order valence-electron chi connectivity index (χ1n) is 11.4. The molecule has 0 spiro atoms. The van der Waals surface area contributed by atoms with Crippen LogP contribution < -0.4 is 16.0 Å². The molecule has 1 fully saturated rings. The summed E-state index contributed by atoms with van der Waals surface area (Å²) >= 11 is 0. The Labute approximate surface area is 201 Å². The van der Waals surface area contributed by atoms with Crippen molar-refractivity contribution in [3.05, 3.63) is 54.4 Å². The van der Waals surface area contributed by atoms with E-state index in [2.05, 4.69) is 25.9 Å². The van der Waals surface area contributed by atoms with Crippen LogP contribution >= 0.6 is 0 Å². The first-order valence-corrected chi connectivity index (χ1v) is 11.4. The van der Waals surface area contributed by atoms with E-state index in [1.165, 1.54) is 26.1 Å². The van der Waals surface area contributed by atoms with Crippen molar-refractivity contribution < 1.29 is 23.1 Å². The highest BCUT2D eigenvalue weighted by Crippen LogP contribution is 2.38. The fraction of sp³-hybridized carbons (Fsp3) is 0.400. The molecule has 4 rings (SSSR count). The van der Waals surface area contributed by atoms with E-state index >= 15 is 0 Å². The van der Waals surface area contributed by atoms with Crippen LogP contribution in [-0.2, 0) is 0 Å². The molecule has 3 aromatic rings. The van der Waals surface area contributed by atoms with E-state index < -0.39 is 36.2 Å². The van der Waals surface area contributed by atoms with Gasteiger partial charge in [0.2, 0.25) is 0 Å². The maximum atomic E-state index is 14.3. The molecule has 0 aliphatic heterocycles. The summed E-state index contributed by atoms with van der Waals surface area (Å²) in [7, 11) is 0. The van der Waals surface area contributed by atoms with Crippen LogP contribution in [0.2, 0.25) is 0 Å². The van der Waals surface area contributed by atoms with Gasteiger partial charge in [-0.25, -0.2) is 18.2 Å². The number of carbonyl (C=O) groups excluding carboxylic acids is 1. The fourth-order valence-electron chi connectivity index (χ4n) is 3.95. The van der Waals surface area contributed by atoms with Gasteiger partial charge in [-0.2, -0.15) is 0 Å². The molecule has 1 aliphatic rings. The van der Waals surface area contributed by atoms with Crippen LogP contribution in [0.4, 0.5) is 30.4 Å². The average molecular weight is 488 g/mol. The number of carbonyl (C=O) groups is 1. The predicted molar refractivity (Wildman–Crippen MR) is 129 cm³/mol. The van der Waals surface area contributed by atoms with Gasteiger partial charge in [-0.3, -0.25) is 9.78 Å². The fourth-order valence-corrected chi connectivity index (χ4v) is 3.95. The van der Waals surface area contributed by atoms with Crippen molar-refractivity contribution >= 4 is 34.0 Å². The highest BCUT2D eigenvalue weighted by molar-refractivity contribution is 6.00. The molecule has 0 radical (unpaired) electrons. The molecule has 1 saturated carbocycles. The summed E-state index contributed by atoms with van der Waals surface area (Å²) in [4.78, 5) is 21.3. The average Bonchev–Trinajstić information content (AvgIpc) is 3.14. The number of rotatable bonds is 8. The van der Waals surface area contributed by atoms with Gasteiger partial charge in [0.1, 0.15) is 12.0 Å². The first-order chi connectivity index (χ1) is 16.5. The number of hydrogen-bond acceptors (Lipinski definition) is 6. The van der Waals surface area contributed by atoms with Gasteiger partial charge in [0.25, 0.3) is 11.8 Å². The lowest BCUT2D eigenvalue weighted by Gasteiger charge is -2.24. The van der Waals surface area contributed by atoms with Crippen molar-refractivity contribution in [2.75, 3.05) is 17.2 Å². The molecule has 4 N–H and O–H groups in total. The monoisotopic (exact) mass is 487 g/mol. The second kappa shape index (κ2) is 9.69. The molecular formula is C25H28F3N5O2. The van der Waals surface area contributed by atoms with Gasteiger partial charge in [0, 0.05) is 36.0 Å². The lowest BCUT2D eigenvalue weighted by molar-refractivity contribution is -0.00208. The number of anilines is 3. The molecule has 2 atom stereocenters. The van der Waals surface area contributed by atoms with E-state index in [4.69, 9.17) is 0 Å². The predicted octanol–water partition coefficient (Wildman–Crippen LogP) is 4.81. The Kier molecular flexibility index (Phi) is 6.84. The molecule has 1 aliphatic carbocycles. The zero-order chi connectivity index (χ0) is 25.2. The third-order valence-electron chi connectivity index (χ3n) is 6.07. The molecule has 0 saturated heterocycles. The number of hydrogen-bond donors (Lipinski definition) is 4. The number of pyridine rings is 2. The molecule has 10 heteroatoms. The van der Waals surface area contributed by atoms with E-state index in [0.29, 0.717) is 17.9 Å². The number of nitrogens with zero attached hydrogens (tertiary/aromatic N) is 2. The van der Waals surface area contributed by atoms with Gasteiger partial charge < -0.3 is 21.1 Å². The quantitative estimate of drug-likeness (QED) is 0.364. The van der Waals surface area contributed by atoms with Crippen molar-refractivity contribution in [2.24, 2.45) is 0 Å². The minimum atomic E-state index is -2.92. The lowest BCUT2D eigenvalue weighted by atomic mass is 10.0. The van der Waals surface area contributed by atoms with Gasteiger partial charge in [-0.15, -0.1) is 0 Å². The molecule has 35 heavy (non-hydrogen) atoms. The van der Waals surface area contributed by atoms with Crippen molar-refractivity contribution in [1.82, 2.24) is 15.3 Å². The smallest absolute Gasteiger partial charge is 0.267 e. The number of aromatic nitrogens is 2. The Morgan fingerprint density at radius 3 is 2.77 bits per heavy atom. The number of fused-ring (bicyclic) bond motifs is 1. The summed E-state index contributed by atoms with van der Waals surface area (Å²) in [6.07, 6.45) is 1.63. The SMILES string of the molecule is CC(C)(O)C(F)CNC(=O)c1cnc(Nc2ccc3ncccc3c2)cc1NC1CCCC1(F)F.